The standard InChI is InChI=1S/C11H23NO2/c1-11(10-14-3)6-4-5-7-12-8-9-13-2/h4,6,11-12H,5,7-10H2,1-3H3/b6-4+. The first-order valence-corrected chi connectivity index (χ1v) is 5.16. The summed E-state index contributed by atoms with van der Waals surface area (Å²) in [6.45, 7) is 5.67. The van der Waals surface area contributed by atoms with Gasteiger partial charge in [-0.2, -0.15) is 0 Å². The maximum atomic E-state index is 5.03. The van der Waals surface area contributed by atoms with Crippen molar-refractivity contribution in [1.82, 2.24) is 5.32 Å². The molecule has 3 heteroatoms. The fraction of sp³-hybridized carbons (Fsp3) is 0.818. The molecule has 84 valence electrons. The number of ether oxygens (including phenoxy) is 2. The van der Waals surface area contributed by atoms with Gasteiger partial charge in [0.2, 0.25) is 0 Å². The van der Waals surface area contributed by atoms with Crippen LogP contribution in [0, 0.1) is 5.92 Å². The molecule has 0 aliphatic carbocycles. The maximum Gasteiger partial charge on any atom is 0.0587 e. The molecule has 0 aromatic carbocycles. The number of rotatable bonds is 9. The SMILES string of the molecule is COCCNCC/C=C/C(C)COC. The molecule has 0 heterocycles. The van der Waals surface area contributed by atoms with Crippen molar-refractivity contribution in [2.24, 2.45) is 5.92 Å². The van der Waals surface area contributed by atoms with Gasteiger partial charge in [-0.25, -0.2) is 0 Å². The van der Waals surface area contributed by atoms with Gasteiger partial charge in [0.25, 0.3) is 0 Å². The van der Waals surface area contributed by atoms with Gasteiger partial charge in [0.05, 0.1) is 13.2 Å². The lowest BCUT2D eigenvalue weighted by atomic mass is 10.2. The van der Waals surface area contributed by atoms with Crippen LogP contribution in [0.3, 0.4) is 0 Å². The first kappa shape index (κ1) is 13.6. The van der Waals surface area contributed by atoms with Crippen molar-refractivity contribution < 1.29 is 9.47 Å². The molecule has 0 aliphatic rings. The molecule has 0 aromatic heterocycles. The van der Waals surface area contributed by atoms with Crippen molar-refractivity contribution in [3.8, 4) is 0 Å². The zero-order valence-corrected chi connectivity index (χ0v) is 9.58. The summed E-state index contributed by atoms with van der Waals surface area (Å²) in [7, 11) is 3.45. The van der Waals surface area contributed by atoms with E-state index in [9.17, 15) is 0 Å². The Bertz CT molecular complexity index is 137. The Hall–Kier alpha value is -0.380. The van der Waals surface area contributed by atoms with Crippen LogP contribution >= 0.6 is 0 Å². The molecule has 14 heavy (non-hydrogen) atoms. The van der Waals surface area contributed by atoms with Crippen LogP contribution < -0.4 is 5.32 Å². The lowest BCUT2D eigenvalue weighted by Crippen LogP contribution is -2.19. The van der Waals surface area contributed by atoms with Crippen molar-refractivity contribution in [2.75, 3.05) is 40.5 Å². The van der Waals surface area contributed by atoms with Crippen LogP contribution in [-0.2, 0) is 9.47 Å². The highest BCUT2D eigenvalue weighted by atomic mass is 16.5. The first-order valence-electron chi connectivity index (χ1n) is 5.16. The van der Waals surface area contributed by atoms with E-state index in [0.717, 1.165) is 32.7 Å². The normalized spacial score (nSPS) is 13.6. The van der Waals surface area contributed by atoms with Gasteiger partial charge < -0.3 is 14.8 Å². The molecule has 0 saturated carbocycles. The average Bonchev–Trinajstić information content (AvgIpc) is 2.17. The Morgan fingerprint density at radius 1 is 1.21 bits per heavy atom. The third kappa shape index (κ3) is 9.71. The molecule has 0 rings (SSSR count). The molecule has 0 spiro atoms. The zero-order chi connectivity index (χ0) is 10.6. The minimum absolute atomic E-state index is 0.513. The highest BCUT2D eigenvalue weighted by Gasteiger charge is 1.93. The fourth-order valence-corrected chi connectivity index (χ4v) is 1.13. The molecule has 0 saturated heterocycles. The molecule has 0 aromatic rings. The quantitative estimate of drug-likeness (QED) is 0.452. The predicted octanol–water partition coefficient (Wildman–Crippen LogP) is 1.45. The van der Waals surface area contributed by atoms with E-state index in [1.165, 1.54) is 0 Å². The number of methoxy groups -OCH3 is 2. The summed E-state index contributed by atoms with van der Waals surface area (Å²) in [5, 5.41) is 3.28. The van der Waals surface area contributed by atoms with E-state index in [1.807, 2.05) is 0 Å². The molecular weight excluding hydrogens is 178 g/mol. The van der Waals surface area contributed by atoms with Crippen LogP contribution in [0.5, 0.6) is 0 Å². The van der Waals surface area contributed by atoms with Crippen molar-refractivity contribution in [2.45, 2.75) is 13.3 Å². The van der Waals surface area contributed by atoms with Crippen molar-refractivity contribution in [3.63, 3.8) is 0 Å². The molecule has 0 amide bonds. The van der Waals surface area contributed by atoms with Gasteiger partial charge in [-0.3, -0.25) is 0 Å². The Kier molecular flexibility index (Phi) is 10.4. The second-order valence-corrected chi connectivity index (χ2v) is 3.39. The second-order valence-electron chi connectivity index (χ2n) is 3.39. The lowest BCUT2D eigenvalue weighted by molar-refractivity contribution is 0.176. The van der Waals surface area contributed by atoms with Gasteiger partial charge in [-0.05, 0) is 18.9 Å². The molecule has 0 aliphatic heterocycles. The molecule has 0 radical (unpaired) electrons. The van der Waals surface area contributed by atoms with Crippen LogP contribution in [0.25, 0.3) is 0 Å². The van der Waals surface area contributed by atoms with E-state index in [0.29, 0.717) is 5.92 Å². The third-order valence-corrected chi connectivity index (χ3v) is 1.86. The largest absolute Gasteiger partial charge is 0.384 e. The van der Waals surface area contributed by atoms with Gasteiger partial charge >= 0.3 is 0 Å². The Labute approximate surface area is 87.5 Å². The van der Waals surface area contributed by atoms with E-state index in [-0.39, 0.29) is 0 Å². The van der Waals surface area contributed by atoms with Crippen LogP contribution in [0.2, 0.25) is 0 Å². The summed E-state index contributed by atoms with van der Waals surface area (Å²) < 4.78 is 9.95. The molecule has 0 fully saturated rings. The molecule has 1 N–H and O–H groups in total. The second kappa shape index (κ2) is 10.7. The topological polar surface area (TPSA) is 30.5 Å². The first-order chi connectivity index (χ1) is 6.81. The van der Waals surface area contributed by atoms with Crippen LogP contribution in [0.15, 0.2) is 12.2 Å². The summed E-state index contributed by atoms with van der Waals surface area (Å²) in [5.41, 5.74) is 0. The van der Waals surface area contributed by atoms with Gasteiger partial charge in [-0.1, -0.05) is 19.1 Å². The monoisotopic (exact) mass is 201 g/mol. The Morgan fingerprint density at radius 3 is 2.64 bits per heavy atom. The van der Waals surface area contributed by atoms with Crippen molar-refractivity contribution in [3.05, 3.63) is 12.2 Å². The van der Waals surface area contributed by atoms with E-state index in [1.54, 1.807) is 14.2 Å². The number of nitrogens with one attached hydrogen (secondary N) is 1. The maximum absolute atomic E-state index is 5.03. The molecule has 1 unspecified atom stereocenters. The average molecular weight is 201 g/mol. The Balaban J connectivity index is 3.17. The molecule has 1 atom stereocenters. The smallest absolute Gasteiger partial charge is 0.0587 e. The van der Waals surface area contributed by atoms with E-state index >= 15 is 0 Å². The zero-order valence-electron chi connectivity index (χ0n) is 9.58. The molecule has 3 nitrogen and oxygen atoms in total. The van der Waals surface area contributed by atoms with E-state index in [2.05, 4.69) is 24.4 Å². The van der Waals surface area contributed by atoms with Gasteiger partial charge in [0.1, 0.15) is 0 Å². The lowest BCUT2D eigenvalue weighted by Gasteiger charge is -2.03. The minimum Gasteiger partial charge on any atom is -0.384 e. The molecular formula is C11H23NO2. The highest BCUT2D eigenvalue weighted by molar-refractivity contribution is 4.86. The van der Waals surface area contributed by atoms with Gasteiger partial charge in [0, 0.05) is 20.8 Å². The van der Waals surface area contributed by atoms with Crippen LogP contribution in [0.1, 0.15) is 13.3 Å². The summed E-state index contributed by atoms with van der Waals surface area (Å²) in [5.74, 6) is 0.513. The Morgan fingerprint density at radius 2 is 2.00 bits per heavy atom. The summed E-state index contributed by atoms with van der Waals surface area (Å²) in [4.78, 5) is 0. The number of hydrogen-bond acceptors (Lipinski definition) is 3. The summed E-state index contributed by atoms with van der Waals surface area (Å²) >= 11 is 0. The minimum atomic E-state index is 0.513. The summed E-state index contributed by atoms with van der Waals surface area (Å²) in [6, 6.07) is 0. The number of hydrogen-bond donors (Lipinski definition) is 1. The van der Waals surface area contributed by atoms with Crippen LogP contribution in [-0.4, -0.2) is 40.5 Å². The van der Waals surface area contributed by atoms with Gasteiger partial charge in [-0.15, -0.1) is 0 Å². The summed E-state index contributed by atoms with van der Waals surface area (Å²) in [6.07, 6.45) is 5.46. The van der Waals surface area contributed by atoms with E-state index < -0.39 is 0 Å². The van der Waals surface area contributed by atoms with Crippen molar-refractivity contribution >= 4 is 0 Å². The van der Waals surface area contributed by atoms with Crippen LogP contribution in [0.4, 0.5) is 0 Å². The highest BCUT2D eigenvalue weighted by Crippen LogP contribution is 1.97. The third-order valence-electron chi connectivity index (χ3n) is 1.86. The van der Waals surface area contributed by atoms with Gasteiger partial charge in [0.15, 0.2) is 0 Å². The predicted molar refractivity (Wildman–Crippen MR) is 59.5 cm³/mol. The fourth-order valence-electron chi connectivity index (χ4n) is 1.13. The van der Waals surface area contributed by atoms with Crippen molar-refractivity contribution in [1.29, 1.82) is 0 Å². The van der Waals surface area contributed by atoms with E-state index in [4.69, 9.17) is 9.47 Å². The molecule has 0 bridgehead atoms.